The first-order valence-corrected chi connectivity index (χ1v) is 6.81. The number of carbonyl (C=O) groups is 1. The number of aryl methyl sites for hydroxylation is 1. The Balaban J connectivity index is 2.42. The van der Waals surface area contributed by atoms with Gasteiger partial charge in [-0.2, -0.15) is 0 Å². The summed E-state index contributed by atoms with van der Waals surface area (Å²) < 4.78 is 0. The van der Waals surface area contributed by atoms with Crippen LogP contribution in [0.1, 0.15) is 35.7 Å². The molecule has 0 radical (unpaired) electrons. The summed E-state index contributed by atoms with van der Waals surface area (Å²) in [4.78, 5) is 14.9. The number of carboxylic acid groups (broad SMARTS) is 1. The fourth-order valence-corrected chi connectivity index (χ4v) is 4.04. The number of thiophene rings is 1. The van der Waals surface area contributed by atoms with Gasteiger partial charge >= 0.3 is 5.97 Å². The van der Waals surface area contributed by atoms with Gasteiger partial charge < -0.3 is 10.0 Å². The van der Waals surface area contributed by atoms with Crippen molar-refractivity contribution in [1.82, 2.24) is 4.90 Å². The molecule has 1 N–H and O–H groups in total. The summed E-state index contributed by atoms with van der Waals surface area (Å²) >= 11 is 1.67. The quantitative estimate of drug-likeness (QED) is 0.897. The molecule has 1 aromatic heterocycles. The van der Waals surface area contributed by atoms with E-state index in [1.165, 1.54) is 10.4 Å². The van der Waals surface area contributed by atoms with E-state index in [4.69, 9.17) is 0 Å². The van der Waals surface area contributed by atoms with Crippen LogP contribution in [0, 0.1) is 12.3 Å². The zero-order chi connectivity index (χ0) is 12.6. The maximum Gasteiger partial charge on any atom is 0.311 e. The first kappa shape index (κ1) is 12.6. The first-order valence-electron chi connectivity index (χ1n) is 5.93. The second-order valence-corrected chi connectivity index (χ2v) is 6.10. The predicted octanol–water partition coefficient (Wildman–Crippen LogP) is 2.91. The molecule has 1 aromatic rings. The second-order valence-electron chi connectivity index (χ2n) is 5.15. The van der Waals surface area contributed by atoms with E-state index in [-0.39, 0.29) is 6.04 Å². The number of aliphatic carboxylic acids is 1. The highest BCUT2D eigenvalue weighted by Gasteiger charge is 2.52. The van der Waals surface area contributed by atoms with E-state index in [1.807, 2.05) is 14.1 Å². The lowest BCUT2D eigenvalue weighted by molar-refractivity contribution is -0.160. The van der Waals surface area contributed by atoms with Crippen LogP contribution < -0.4 is 0 Å². The third-order valence-corrected chi connectivity index (χ3v) is 4.93. The average molecular weight is 253 g/mol. The molecule has 0 amide bonds. The Morgan fingerprint density at radius 1 is 1.53 bits per heavy atom. The van der Waals surface area contributed by atoms with E-state index in [1.54, 1.807) is 11.3 Å². The molecule has 0 aliphatic heterocycles. The van der Waals surface area contributed by atoms with Crippen molar-refractivity contribution >= 4 is 17.3 Å². The minimum atomic E-state index is -0.643. The highest BCUT2D eigenvalue weighted by atomic mass is 32.1. The van der Waals surface area contributed by atoms with Crippen molar-refractivity contribution < 1.29 is 9.90 Å². The van der Waals surface area contributed by atoms with Gasteiger partial charge in [-0.3, -0.25) is 4.79 Å². The van der Waals surface area contributed by atoms with E-state index in [9.17, 15) is 9.90 Å². The maximum atomic E-state index is 11.6. The molecule has 1 fully saturated rings. The van der Waals surface area contributed by atoms with E-state index in [2.05, 4.69) is 23.3 Å². The maximum absolute atomic E-state index is 11.6. The van der Waals surface area contributed by atoms with Crippen molar-refractivity contribution in [1.29, 1.82) is 0 Å². The number of rotatable bonds is 4. The molecular weight excluding hydrogens is 234 g/mol. The smallest absolute Gasteiger partial charge is 0.311 e. The van der Waals surface area contributed by atoms with Crippen LogP contribution in [0.15, 0.2) is 11.4 Å². The summed E-state index contributed by atoms with van der Waals surface area (Å²) in [5.41, 5.74) is 0.639. The van der Waals surface area contributed by atoms with Crippen molar-refractivity contribution in [2.45, 2.75) is 32.2 Å². The monoisotopic (exact) mass is 253 g/mol. The Morgan fingerprint density at radius 3 is 2.47 bits per heavy atom. The highest BCUT2D eigenvalue weighted by Crippen LogP contribution is 2.53. The molecule has 1 aliphatic rings. The number of hydrogen-bond donors (Lipinski definition) is 1. The Hall–Kier alpha value is -0.870. The molecule has 0 saturated heterocycles. The van der Waals surface area contributed by atoms with Gasteiger partial charge in [0.05, 0.1) is 11.5 Å². The normalized spacial score (nSPS) is 20.0. The molecule has 1 heterocycles. The minimum absolute atomic E-state index is 0.00810. The van der Waals surface area contributed by atoms with Gasteiger partial charge in [-0.05, 0) is 50.9 Å². The third kappa shape index (κ3) is 1.89. The summed E-state index contributed by atoms with van der Waals surface area (Å²) in [5.74, 6) is -0.643. The number of hydrogen-bond acceptors (Lipinski definition) is 3. The fourth-order valence-electron chi connectivity index (χ4n) is 2.81. The summed E-state index contributed by atoms with van der Waals surface area (Å²) in [6.07, 6.45) is 2.62. The highest BCUT2D eigenvalue weighted by molar-refractivity contribution is 7.10. The summed E-state index contributed by atoms with van der Waals surface area (Å²) in [5, 5.41) is 11.6. The van der Waals surface area contributed by atoms with E-state index in [0.29, 0.717) is 0 Å². The predicted molar refractivity (Wildman–Crippen MR) is 69.4 cm³/mol. The van der Waals surface area contributed by atoms with E-state index < -0.39 is 11.4 Å². The van der Waals surface area contributed by atoms with Crippen molar-refractivity contribution in [3.8, 4) is 0 Å². The molecule has 3 nitrogen and oxygen atoms in total. The zero-order valence-electron chi connectivity index (χ0n) is 10.6. The lowest BCUT2D eigenvalue weighted by atomic mass is 9.63. The summed E-state index contributed by atoms with van der Waals surface area (Å²) in [7, 11) is 3.96. The molecule has 0 bridgehead atoms. The van der Waals surface area contributed by atoms with Crippen molar-refractivity contribution in [2.24, 2.45) is 5.41 Å². The Morgan fingerprint density at radius 2 is 2.18 bits per heavy atom. The zero-order valence-corrected chi connectivity index (χ0v) is 11.4. The van der Waals surface area contributed by atoms with Gasteiger partial charge in [-0.1, -0.05) is 6.42 Å². The van der Waals surface area contributed by atoms with Gasteiger partial charge in [0.1, 0.15) is 0 Å². The number of carboxylic acids is 1. The van der Waals surface area contributed by atoms with Gasteiger partial charge in [0.25, 0.3) is 0 Å². The van der Waals surface area contributed by atoms with Gasteiger partial charge in [0.2, 0.25) is 0 Å². The fraction of sp³-hybridized carbons (Fsp3) is 0.615. The molecule has 0 aromatic carbocycles. The van der Waals surface area contributed by atoms with E-state index >= 15 is 0 Å². The first-order chi connectivity index (χ1) is 7.99. The Bertz CT molecular complexity index is 421. The molecule has 94 valence electrons. The topological polar surface area (TPSA) is 40.5 Å². The van der Waals surface area contributed by atoms with Gasteiger partial charge in [-0.25, -0.2) is 0 Å². The Labute approximate surface area is 106 Å². The molecule has 1 saturated carbocycles. The number of nitrogens with zero attached hydrogens (tertiary/aromatic N) is 1. The van der Waals surface area contributed by atoms with Crippen molar-refractivity contribution in [3.05, 3.63) is 21.9 Å². The van der Waals surface area contributed by atoms with Crippen LogP contribution in [0.4, 0.5) is 0 Å². The second kappa shape index (κ2) is 4.42. The molecule has 2 rings (SSSR count). The SMILES string of the molecule is Cc1ccsc1C(N(C)C)C1(C(=O)O)CCC1. The van der Waals surface area contributed by atoms with Gasteiger partial charge in [0, 0.05) is 4.88 Å². The van der Waals surface area contributed by atoms with Crippen molar-refractivity contribution in [2.75, 3.05) is 14.1 Å². The van der Waals surface area contributed by atoms with Crippen LogP contribution >= 0.6 is 11.3 Å². The largest absolute Gasteiger partial charge is 0.481 e. The molecule has 1 aliphatic carbocycles. The molecule has 1 atom stereocenters. The lowest BCUT2D eigenvalue weighted by Gasteiger charge is -2.46. The molecule has 1 unspecified atom stereocenters. The summed E-state index contributed by atoms with van der Waals surface area (Å²) in [6, 6.07) is 2.08. The average Bonchev–Trinajstić information content (AvgIpc) is 2.56. The summed E-state index contributed by atoms with van der Waals surface area (Å²) in [6.45, 7) is 2.07. The standard InChI is InChI=1S/C13H19NO2S/c1-9-5-8-17-10(9)11(14(2)3)13(12(15)16)6-4-7-13/h5,8,11H,4,6-7H2,1-3H3,(H,15,16). The third-order valence-electron chi connectivity index (χ3n) is 3.86. The van der Waals surface area contributed by atoms with Crippen LogP contribution in [0.5, 0.6) is 0 Å². The Kier molecular flexibility index (Phi) is 3.27. The molecular formula is C13H19NO2S. The lowest BCUT2D eigenvalue weighted by Crippen LogP contribution is -2.48. The molecule has 17 heavy (non-hydrogen) atoms. The van der Waals surface area contributed by atoms with Crippen LogP contribution in [-0.2, 0) is 4.79 Å². The van der Waals surface area contributed by atoms with Crippen molar-refractivity contribution in [3.63, 3.8) is 0 Å². The van der Waals surface area contributed by atoms with E-state index in [0.717, 1.165) is 19.3 Å². The van der Waals surface area contributed by atoms with Gasteiger partial charge in [0.15, 0.2) is 0 Å². The van der Waals surface area contributed by atoms with Gasteiger partial charge in [-0.15, -0.1) is 11.3 Å². The van der Waals surface area contributed by atoms with Crippen LogP contribution in [0.3, 0.4) is 0 Å². The molecule has 0 spiro atoms. The van der Waals surface area contributed by atoms with Crippen LogP contribution in [-0.4, -0.2) is 30.1 Å². The molecule has 4 heteroatoms. The van der Waals surface area contributed by atoms with Crippen LogP contribution in [0.25, 0.3) is 0 Å². The minimum Gasteiger partial charge on any atom is -0.481 e. The van der Waals surface area contributed by atoms with Crippen LogP contribution in [0.2, 0.25) is 0 Å².